The van der Waals surface area contributed by atoms with Crippen LogP contribution in [0, 0.1) is 5.92 Å². The minimum atomic E-state index is -0.885. The number of nitrogens with zero attached hydrogens (tertiary/aromatic N) is 2. The molecule has 2 aromatic rings. The van der Waals surface area contributed by atoms with Gasteiger partial charge in [0.1, 0.15) is 6.10 Å². The molecule has 0 unspecified atom stereocenters. The molecule has 2 N–H and O–H groups in total. The molecule has 1 aromatic carbocycles. The Morgan fingerprint density at radius 2 is 1.88 bits per heavy atom. The number of hydrogen-bond acceptors (Lipinski definition) is 4. The molecule has 0 aliphatic carbocycles. The molecular weight excluding hydrogens is 332 g/mol. The molecule has 0 radical (unpaired) electrons. The van der Waals surface area contributed by atoms with Gasteiger partial charge in [0.2, 0.25) is 5.91 Å². The van der Waals surface area contributed by atoms with Gasteiger partial charge in [-0.1, -0.05) is 12.1 Å². The fraction of sp³-hybridized carbons (Fsp3) is 0.450. The SMILES string of the molecule is CCN(C[C@@H]1COC[C@@H](O)[C@H]1O)C(=O)Cc1ccc(-n2cccc2)cc1. The second-order valence-electron chi connectivity index (χ2n) is 6.72. The highest BCUT2D eigenvalue weighted by atomic mass is 16.5. The molecule has 1 aliphatic rings. The lowest BCUT2D eigenvalue weighted by Crippen LogP contribution is -2.49. The smallest absolute Gasteiger partial charge is 0.226 e. The standard InChI is InChI=1S/C20H26N2O4/c1-2-21(12-16-13-26-14-18(23)20(16)25)19(24)11-15-5-7-17(8-6-15)22-9-3-4-10-22/h3-10,16,18,20,23,25H,2,11-14H2,1H3/t16-,18-,20+/m1/s1. The van der Waals surface area contributed by atoms with Crippen molar-refractivity contribution in [1.82, 2.24) is 9.47 Å². The number of rotatable bonds is 6. The van der Waals surface area contributed by atoms with E-state index in [0.29, 0.717) is 26.1 Å². The van der Waals surface area contributed by atoms with Crippen molar-refractivity contribution in [3.8, 4) is 5.69 Å². The molecule has 3 rings (SSSR count). The van der Waals surface area contributed by atoms with Gasteiger partial charge in [0, 0.05) is 37.1 Å². The average molecular weight is 358 g/mol. The summed E-state index contributed by atoms with van der Waals surface area (Å²) >= 11 is 0. The van der Waals surface area contributed by atoms with Crippen LogP contribution < -0.4 is 0 Å². The van der Waals surface area contributed by atoms with Crippen LogP contribution in [0.1, 0.15) is 12.5 Å². The number of likely N-dealkylation sites (N-methyl/N-ethyl adjacent to an activating group) is 1. The van der Waals surface area contributed by atoms with E-state index in [-0.39, 0.29) is 18.4 Å². The molecule has 1 fully saturated rings. The van der Waals surface area contributed by atoms with Crippen LogP contribution in [0.2, 0.25) is 0 Å². The zero-order chi connectivity index (χ0) is 18.5. The summed E-state index contributed by atoms with van der Waals surface area (Å²) in [5.74, 6) is -0.257. The first-order chi connectivity index (χ1) is 12.6. The lowest BCUT2D eigenvalue weighted by molar-refractivity contribution is -0.141. The minimum absolute atomic E-state index is 0.00785. The van der Waals surface area contributed by atoms with E-state index in [2.05, 4.69) is 0 Å². The van der Waals surface area contributed by atoms with Crippen molar-refractivity contribution < 1.29 is 19.7 Å². The number of aromatic nitrogens is 1. The van der Waals surface area contributed by atoms with Crippen LogP contribution in [0.3, 0.4) is 0 Å². The van der Waals surface area contributed by atoms with Gasteiger partial charge < -0.3 is 24.4 Å². The zero-order valence-electron chi connectivity index (χ0n) is 15.0. The number of amides is 1. The maximum Gasteiger partial charge on any atom is 0.226 e. The fourth-order valence-electron chi connectivity index (χ4n) is 3.28. The first-order valence-electron chi connectivity index (χ1n) is 9.02. The summed E-state index contributed by atoms with van der Waals surface area (Å²) < 4.78 is 7.32. The van der Waals surface area contributed by atoms with Gasteiger partial charge in [0.15, 0.2) is 0 Å². The molecule has 1 aromatic heterocycles. The van der Waals surface area contributed by atoms with Crippen LogP contribution in [-0.2, 0) is 16.0 Å². The predicted molar refractivity (Wildman–Crippen MR) is 98.0 cm³/mol. The van der Waals surface area contributed by atoms with E-state index in [0.717, 1.165) is 11.3 Å². The monoisotopic (exact) mass is 358 g/mol. The molecule has 140 valence electrons. The van der Waals surface area contributed by atoms with Crippen molar-refractivity contribution in [3.63, 3.8) is 0 Å². The Labute approximate surface area is 153 Å². The van der Waals surface area contributed by atoms with E-state index in [4.69, 9.17) is 4.74 Å². The Bertz CT molecular complexity index is 699. The fourth-order valence-corrected chi connectivity index (χ4v) is 3.28. The summed E-state index contributed by atoms with van der Waals surface area (Å²) in [6.45, 7) is 3.35. The summed E-state index contributed by atoms with van der Waals surface area (Å²) in [5.41, 5.74) is 2.00. The largest absolute Gasteiger partial charge is 0.390 e. The first-order valence-corrected chi connectivity index (χ1v) is 9.02. The molecule has 26 heavy (non-hydrogen) atoms. The first kappa shape index (κ1) is 18.6. The van der Waals surface area contributed by atoms with Gasteiger partial charge in [-0.2, -0.15) is 0 Å². The lowest BCUT2D eigenvalue weighted by atomic mass is 9.95. The van der Waals surface area contributed by atoms with Gasteiger partial charge in [-0.3, -0.25) is 4.79 Å². The van der Waals surface area contributed by atoms with Crippen molar-refractivity contribution in [2.24, 2.45) is 5.92 Å². The Morgan fingerprint density at radius 1 is 1.19 bits per heavy atom. The number of carbonyl (C=O) groups excluding carboxylic acids is 1. The maximum atomic E-state index is 12.7. The third-order valence-corrected chi connectivity index (χ3v) is 4.88. The minimum Gasteiger partial charge on any atom is -0.390 e. The Balaban J connectivity index is 1.60. The van der Waals surface area contributed by atoms with E-state index in [1.54, 1.807) is 4.90 Å². The van der Waals surface area contributed by atoms with Crippen LogP contribution in [0.5, 0.6) is 0 Å². The van der Waals surface area contributed by atoms with Crippen molar-refractivity contribution in [1.29, 1.82) is 0 Å². The zero-order valence-corrected chi connectivity index (χ0v) is 15.0. The van der Waals surface area contributed by atoms with Crippen LogP contribution in [-0.4, -0.2) is 64.1 Å². The molecule has 1 amide bonds. The van der Waals surface area contributed by atoms with Gasteiger partial charge in [0.05, 0.1) is 25.7 Å². The van der Waals surface area contributed by atoms with Gasteiger partial charge in [-0.05, 0) is 36.8 Å². The van der Waals surface area contributed by atoms with E-state index in [1.165, 1.54) is 0 Å². The van der Waals surface area contributed by atoms with Crippen molar-refractivity contribution >= 4 is 5.91 Å². The molecule has 1 aliphatic heterocycles. The van der Waals surface area contributed by atoms with Gasteiger partial charge in [-0.25, -0.2) is 0 Å². The van der Waals surface area contributed by atoms with Crippen LogP contribution in [0.4, 0.5) is 0 Å². The highest BCUT2D eigenvalue weighted by Gasteiger charge is 2.33. The molecule has 1 saturated heterocycles. The lowest BCUT2D eigenvalue weighted by Gasteiger charge is -2.35. The summed E-state index contributed by atoms with van der Waals surface area (Å²) in [4.78, 5) is 14.4. The Kier molecular flexibility index (Phi) is 6.08. The topological polar surface area (TPSA) is 74.9 Å². The Morgan fingerprint density at radius 3 is 2.54 bits per heavy atom. The molecule has 0 spiro atoms. The van der Waals surface area contributed by atoms with Crippen LogP contribution in [0.15, 0.2) is 48.8 Å². The normalized spacial score (nSPS) is 23.0. The summed E-state index contributed by atoms with van der Waals surface area (Å²) in [6, 6.07) is 11.8. The highest BCUT2D eigenvalue weighted by Crippen LogP contribution is 2.18. The van der Waals surface area contributed by atoms with Crippen LogP contribution >= 0.6 is 0 Å². The molecule has 6 heteroatoms. The van der Waals surface area contributed by atoms with Crippen molar-refractivity contribution in [3.05, 3.63) is 54.4 Å². The van der Waals surface area contributed by atoms with E-state index < -0.39 is 12.2 Å². The van der Waals surface area contributed by atoms with Crippen molar-refractivity contribution in [2.75, 3.05) is 26.3 Å². The summed E-state index contributed by atoms with van der Waals surface area (Å²) in [6.07, 6.45) is 2.53. The second kappa shape index (κ2) is 8.49. The molecule has 0 bridgehead atoms. The molecule has 0 saturated carbocycles. The van der Waals surface area contributed by atoms with E-state index in [1.807, 2.05) is 60.3 Å². The number of carbonyl (C=O) groups is 1. The van der Waals surface area contributed by atoms with Gasteiger partial charge in [0.25, 0.3) is 0 Å². The number of hydrogen-bond donors (Lipinski definition) is 2. The molecule has 3 atom stereocenters. The second-order valence-corrected chi connectivity index (χ2v) is 6.72. The number of aliphatic hydroxyl groups is 2. The summed E-state index contributed by atoms with van der Waals surface area (Å²) in [7, 11) is 0. The Hall–Kier alpha value is -2.15. The van der Waals surface area contributed by atoms with Gasteiger partial charge in [-0.15, -0.1) is 0 Å². The van der Waals surface area contributed by atoms with Crippen molar-refractivity contribution in [2.45, 2.75) is 25.6 Å². The van der Waals surface area contributed by atoms with Crippen LogP contribution in [0.25, 0.3) is 5.69 Å². The highest BCUT2D eigenvalue weighted by molar-refractivity contribution is 5.78. The maximum absolute atomic E-state index is 12.7. The molecular formula is C20H26N2O4. The van der Waals surface area contributed by atoms with E-state index in [9.17, 15) is 15.0 Å². The third-order valence-electron chi connectivity index (χ3n) is 4.88. The number of benzene rings is 1. The summed E-state index contributed by atoms with van der Waals surface area (Å²) in [5, 5.41) is 19.8. The van der Waals surface area contributed by atoms with Gasteiger partial charge >= 0.3 is 0 Å². The number of aliphatic hydroxyl groups excluding tert-OH is 2. The average Bonchev–Trinajstić information content (AvgIpc) is 3.18. The number of ether oxygens (including phenoxy) is 1. The van der Waals surface area contributed by atoms with E-state index >= 15 is 0 Å². The third kappa shape index (κ3) is 4.33. The predicted octanol–water partition coefficient (Wildman–Crippen LogP) is 1.24. The molecule has 2 heterocycles. The quantitative estimate of drug-likeness (QED) is 0.815. The molecule has 6 nitrogen and oxygen atoms in total.